The van der Waals surface area contributed by atoms with Gasteiger partial charge in [-0.25, -0.2) is 9.37 Å². The van der Waals surface area contributed by atoms with Crippen molar-refractivity contribution in [1.29, 1.82) is 0 Å². The number of nitrogens with zero attached hydrogens (tertiary/aromatic N) is 1. The monoisotopic (exact) mass is 358 g/mol. The van der Waals surface area contributed by atoms with Gasteiger partial charge in [0.05, 0.1) is 17.0 Å². The van der Waals surface area contributed by atoms with E-state index in [0.717, 1.165) is 4.88 Å². The first-order chi connectivity index (χ1) is 12.0. The summed E-state index contributed by atoms with van der Waals surface area (Å²) in [7, 11) is 0. The summed E-state index contributed by atoms with van der Waals surface area (Å²) in [6.45, 7) is 3.66. The number of oxazole rings is 1. The normalized spacial score (nSPS) is 12.1. The number of carbonyl (C=O) groups is 1. The van der Waals surface area contributed by atoms with E-state index in [1.54, 1.807) is 25.1 Å². The lowest BCUT2D eigenvalue weighted by Crippen LogP contribution is -2.35. The second kappa shape index (κ2) is 7.61. The molecule has 2 aromatic heterocycles. The number of hydrogen-bond acceptors (Lipinski definition) is 4. The maximum atomic E-state index is 13.7. The predicted molar refractivity (Wildman–Crippen MR) is 96.0 cm³/mol. The average Bonchev–Trinajstić information content (AvgIpc) is 3.20. The highest BCUT2D eigenvalue weighted by molar-refractivity contribution is 7.13. The van der Waals surface area contributed by atoms with Crippen LogP contribution >= 0.6 is 11.3 Å². The molecule has 6 heteroatoms. The van der Waals surface area contributed by atoms with E-state index in [-0.39, 0.29) is 24.2 Å². The van der Waals surface area contributed by atoms with E-state index in [1.165, 1.54) is 17.4 Å². The van der Waals surface area contributed by atoms with Crippen LogP contribution in [0.25, 0.3) is 10.8 Å². The highest BCUT2D eigenvalue weighted by atomic mass is 32.1. The number of aromatic nitrogens is 1. The Kier molecular flexibility index (Phi) is 5.28. The molecule has 1 unspecified atom stereocenters. The second-order valence-corrected chi connectivity index (χ2v) is 6.89. The summed E-state index contributed by atoms with van der Waals surface area (Å²) in [4.78, 5) is 17.6. The van der Waals surface area contributed by atoms with Crippen LogP contribution in [-0.2, 0) is 17.6 Å². The second-order valence-electron chi connectivity index (χ2n) is 5.94. The molecule has 1 amide bonds. The molecule has 0 fully saturated rings. The minimum Gasteiger partial charge on any atom is -0.440 e. The summed E-state index contributed by atoms with van der Waals surface area (Å²) in [5.74, 6) is 0.768. The van der Waals surface area contributed by atoms with Gasteiger partial charge in [-0.3, -0.25) is 4.79 Å². The molecule has 25 heavy (non-hydrogen) atoms. The minimum atomic E-state index is -0.253. The fourth-order valence-electron chi connectivity index (χ4n) is 2.62. The Hall–Kier alpha value is -2.47. The van der Waals surface area contributed by atoms with Crippen LogP contribution in [0.15, 0.2) is 46.2 Å². The highest BCUT2D eigenvalue weighted by Gasteiger charge is 2.17. The molecule has 1 aromatic carbocycles. The first-order valence-corrected chi connectivity index (χ1v) is 8.94. The van der Waals surface area contributed by atoms with Crippen molar-refractivity contribution >= 4 is 17.2 Å². The molecule has 1 atom stereocenters. The Labute approximate surface area is 149 Å². The van der Waals surface area contributed by atoms with E-state index in [0.29, 0.717) is 29.3 Å². The van der Waals surface area contributed by atoms with Crippen LogP contribution in [0.4, 0.5) is 4.39 Å². The van der Waals surface area contributed by atoms with Gasteiger partial charge >= 0.3 is 0 Å². The Morgan fingerprint density at radius 1 is 1.32 bits per heavy atom. The molecule has 0 saturated heterocycles. The third kappa shape index (κ3) is 4.33. The predicted octanol–water partition coefficient (Wildman–Crippen LogP) is 4.14. The summed E-state index contributed by atoms with van der Waals surface area (Å²) < 4.78 is 19.3. The number of thiophene rings is 1. The number of amides is 1. The summed E-state index contributed by atoms with van der Waals surface area (Å²) in [6.07, 6.45) is 0.582. The number of nitrogens with one attached hydrogen (secondary N) is 1. The Morgan fingerprint density at radius 3 is 2.84 bits per heavy atom. The molecule has 0 aliphatic rings. The van der Waals surface area contributed by atoms with Crippen LogP contribution in [0.5, 0.6) is 0 Å². The number of hydrogen-bond donors (Lipinski definition) is 1. The van der Waals surface area contributed by atoms with E-state index in [4.69, 9.17) is 4.42 Å². The molecule has 3 rings (SSSR count). The number of aryl methyl sites for hydroxylation is 1. The number of halogens is 1. The van der Waals surface area contributed by atoms with Crippen LogP contribution in [0.2, 0.25) is 0 Å². The minimum absolute atomic E-state index is 0.141. The third-order valence-electron chi connectivity index (χ3n) is 3.84. The topological polar surface area (TPSA) is 55.1 Å². The molecule has 0 radical (unpaired) electrons. The van der Waals surface area contributed by atoms with Gasteiger partial charge in [-0.2, -0.15) is 0 Å². The average molecular weight is 358 g/mol. The van der Waals surface area contributed by atoms with E-state index in [2.05, 4.69) is 10.3 Å². The van der Waals surface area contributed by atoms with Crippen molar-refractivity contribution in [3.05, 3.63) is 64.6 Å². The summed E-state index contributed by atoms with van der Waals surface area (Å²) in [5.41, 5.74) is 1.21. The zero-order chi connectivity index (χ0) is 17.8. The lowest BCUT2D eigenvalue weighted by molar-refractivity contribution is -0.121. The van der Waals surface area contributed by atoms with Crippen molar-refractivity contribution in [3.63, 3.8) is 0 Å². The van der Waals surface area contributed by atoms with Gasteiger partial charge in [-0.1, -0.05) is 24.3 Å². The Morgan fingerprint density at radius 2 is 2.12 bits per heavy atom. The zero-order valence-electron chi connectivity index (χ0n) is 14.1. The summed E-state index contributed by atoms with van der Waals surface area (Å²) >= 11 is 1.54. The van der Waals surface area contributed by atoms with Crippen LogP contribution in [-0.4, -0.2) is 16.9 Å². The van der Waals surface area contributed by atoms with Gasteiger partial charge < -0.3 is 9.73 Å². The van der Waals surface area contributed by atoms with Crippen molar-refractivity contribution in [2.24, 2.45) is 0 Å². The number of rotatable bonds is 6. The number of benzene rings is 1. The molecule has 0 spiro atoms. The summed E-state index contributed by atoms with van der Waals surface area (Å²) in [5, 5.41) is 4.84. The van der Waals surface area contributed by atoms with Gasteiger partial charge in [0.2, 0.25) is 11.8 Å². The van der Waals surface area contributed by atoms with Crippen molar-refractivity contribution < 1.29 is 13.6 Å². The SMILES string of the molecule is Cc1oc(-c2cccs2)nc1CC(=O)NC(C)Cc1ccccc1F. The molecule has 1 N–H and O–H groups in total. The molecule has 0 bridgehead atoms. The van der Waals surface area contributed by atoms with Crippen LogP contribution < -0.4 is 5.32 Å². The lowest BCUT2D eigenvalue weighted by Gasteiger charge is -2.14. The maximum Gasteiger partial charge on any atom is 0.236 e. The highest BCUT2D eigenvalue weighted by Crippen LogP contribution is 2.26. The van der Waals surface area contributed by atoms with Crippen molar-refractivity contribution in [2.45, 2.75) is 32.7 Å². The zero-order valence-corrected chi connectivity index (χ0v) is 14.9. The fraction of sp³-hybridized carbons (Fsp3) is 0.263. The molecular weight excluding hydrogens is 339 g/mol. The summed E-state index contributed by atoms with van der Waals surface area (Å²) in [6, 6.07) is 10.3. The van der Waals surface area contributed by atoms with Crippen molar-refractivity contribution in [3.8, 4) is 10.8 Å². The van der Waals surface area contributed by atoms with Gasteiger partial charge in [0.25, 0.3) is 0 Å². The lowest BCUT2D eigenvalue weighted by atomic mass is 10.1. The molecule has 3 aromatic rings. The standard InChI is InChI=1S/C19H19FN2O2S/c1-12(10-14-6-3-4-7-15(14)20)21-18(23)11-16-13(2)24-19(22-16)17-8-5-9-25-17/h3-9,12H,10-11H2,1-2H3,(H,21,23). The molecule has 0 aliphatic carbocycles. The van der Waals surface area contributed by atoms with Gasteiger partial charge in [-0.15, -0.1) is 11.3 Å². The first kappa shape index (κ1) is 17.4. The number of carbonyl (C=O) groups excluding carboxylic acids is 1. The van der Waals surface area contributed by atoms with E-state index >= 15 is 0 Å². The smallest absolute Gasteiger partial charge is 0.236 e. The fourth-order valence-corrected chi connectivity index (χ4v) is 3.27. The maximum absolute atomic E-state index is 13.7. The molecule has 2 heterocycles. The van der Waals surface area contributed by atoms with E-state index < -0.39 is 0 Å². The van der Waals surface area contributed by atoms with Gasteiger partial charge in [0.15, 0.2) is 0 Å². The molecular formula is C19H19FN2O2S. The quantitative estimate of drug-likeness (QED) is 0.720. The van der Waals surface area contributed by atoms with Crippen LogP contribution in [0.1, 0.15) is 23.9 Å². The van der Waals surface area contributed by atoms with E-state index in [1.807, 2.05) is 24.4 Å². The van der Waals surface area contributed by atoms with Crippen molar-refractivity contribution in [1.82, 2.24) is 10.3 Å². The van der Waals surface area contributed by atoms with E-state index in [9.17, 15) is 9.18 Å². The Balaban J connectivity index is 1.60. The van der Waals surface area contributed by atoms with Gasteiger partial charge in [-0.05, 0) is 43.3 Å². The third-order valence-corrected chi connectivity index (χ3v) is 4.70. The van der Waals surface area contributed by atoms with Crippen LogP contribution in [0, 0.1) is 12.7 Å². The largest absolute Gasteiger partial charge is 0.440 e. The molecule has 0 saturated carbocycles. The Bertz CT molecular complexity index is 858. The van der Waals surface area contributed by atoms with Gasteiger partial charge in [0, 0.05) is 6.04 Å². The van der Waals surface area contributed by atoms with Gasteiger partial charge in [0.1, 0.15) is 11.6 Å². The molecule has 0 aliphatic heterocycles. The van der Waals surface area contributed by atoms with Crippen molar-refractivity contribution in [2.75, 3.05) is 0 Å². The first-order valence-electron chi connectivity index (χ1n) is 8.06. The molecule has 4 nitrogen and oxygen atoms in total. The van der Waals surface area contributed by atoms with Crippen LogP contribution in [0.3, 0.4) is 0 Å². The molecule has 130 valence electrons.